The molecule has 1 aromatic carbocycles. The predicted octanol–water partition coefficient (Wildman–Crippen LogP) is 2.49. The van der Waals surface area contributed by atoms with Crippen LogP contribution < -0.4 is 4.87 Å². The first kappa shape index (κ1) is 11.7. The van der Waals surface area contributed by atoms with E-state index in [4.69, 9.17) is 0 Å². The van der Waals surface area contributed by atoms with Crippen LogP contribution in [0.5, 0.6) is 0 Å². The maximum atomic E-state index is 11.5. The van der Waals surface area contributed by atoms with E-state index >= 15 is 0 Å². The van der Waals surface area contributed by atoms with Crippen LogP contribution in [0.15, 0.2) is 40.2 Å². The van der Waals surface area contributed by atoms with Crippen LogP contribution >= 0.6 is 23.1 Å². The Morgan fingerprint density at radius 1 is 1.28 bits per heavy atom. The summed E-state index contributed by atoms with van der Waals surface area (Å²) < 4.78 is 0. The molecule has 3 rings (SSSR count). The van der Waals surface area contributed by atoms with Crippen LogP contribution in [0.3, 0.4) is 0 Å². The van der Waals surface area contributed by atoms with Crippen LogP contribution in [0.25, 0.3) is 0 Å². The molecule has 18 heavy (non-hydrogen) atoms. The Kier molecular flexibility index (Phi) is 3.09. The lowest BCUT2D eigenvalue weighted by Gasteiger charge is -2.27. The first-order chi connectivity index (χ1) is 8.79. The van der Waals surface area contributed by atoms with Crippen molar-refractivity contribution in [3.05, 3.63) is 50.4 Å². The molecule has 2 aromatic rings. The number of hydrogen-bond acceptors (Lipinski definition) is 4. The zero-order chi connectivity index (χ0) is 12.5. The second-order valence-electron chi connectivity index (χ2n) is 4.21. The average Bonchev–Trinajstić information content (AvgIpc) is 2.78. The van der Waals surface area contributed by atoms with Crippen molar-refractivity contribution >= 4 is 29.4 Å². The standard InChI is InChI=1S/C13H11NO2S2/c15-6-9-7-17-12-11(18-13(16)14-12)10(9)8-4-2-1-3-5-8/h1-6,9-10H,7H2,(H,14,16)/t9-,10+/m1/s1. The van der Waals surface area contributed by atoms with Crippen LogP contribution in [0.2, 0.25) is 0 Å². The second-order valence-corrected chi connectivity index (χ2v) is 6.25. The highest BCUT2D eigenvalue weighted by Crippen LogP contribution is 2.44. The van der Waals surface area contributed by atoms with Crippen molar-refractivity contribution in [3.8, 4) is 0 Å². The monoisotopic (exact) mass is 277 g/mol. The number of hydrogen-bond donors (Lipinski definition) is 1. The fraction of sp³-hybridized carbons (Fsp3) is 0.231. The second kappa shape index (κ2) is 4.74. The summed E-state index contributed by atoms with van der Waals surface area (Å²) in [5.41, 5.74) is 1.10. The van der Waals surface area contributed by atoms with Gasteiger partial charge in [0, 0.05) is 22.5 Å². The zero-order valence-corrected chi connectivity index (χ0v) is 11.1. The molecule has 2 atom stereocenters. The van der Waals surface area contributed by atoms with E-state index < -0.39 is 0 Å². The smallest absolute Gasteiger partial charge is 0.305 e. The number of aldehydes is 1. The van der Waals surface area contributed by atoms with Gasteiger partial charge < -0.3 is 9.78 Å². The molecule has 1 N–H and O–H groups in total. The highest BCUT2D eigenvalue weighted by molar-refractivity contribution is 7.99. The lowest BCUT2D eigenvalue weighted by Crippen LogP contribution is -2.21. The quantitative estimate of drug-likeness (QED) is 0.858. The number of aromatic amines is 1. The summed E-state index contributed by atoms with van der Waals surface area (Å²) >= 11 is 2.79. The highest BCUT2D eigenvalue weighted by Gasteiger charge is 2.33. The van der Waals surface area contributed by atoms with Gasteiger partial charge in [-0.1, -0.05) is 41.7 Å². The number of benzene rings is 1. The molecule has 92 valence electrons. The minimum absolute atomic E-state index is 0.0175. The Morgan fingerprint density at radius 2 is 2.06 bits per heavy atom. The molecule has 1 aromatic heterocycles. The third-order valence-electron chi connectivity index (χ3n) is 3.11. The molecular weight excluding hydrogens is 266 g/mol. The molecule has 1 aliphatic heterocycles. The third kappa shape index (κ3) is 1.93. The van der Waals surface area contributed by atoms with Crippen LogP contribution in [0, 0.1) is 5.92 Å². The number of carbonyl (C=O) groups is 1. The van der Waals surface area contributed by atoms with E-state index in [0.717, 1.165) is 27.5 Å². The third-order valence-corrected chi connectivity index (χ3v) is 5.36. The van der Waals surface area contributed by atoms with Crippen LogP contribution in [-0.4, -0.2) is 17.0 Å². The van der Waals surface area contributed by atoms with E-state index in [1.54, 1.807) is 11.8 Å². The van der Waals surface area contributed by atoms with Gasteiger partial charge in [-0.25, -0.2) is 0 Å². The number of aromatic nitrogens is 1. The van der Waals surface area contributed by atoms with Gasteiger partial charge in [-0.2, -0.15) is 0 Å². The van der Waals surface area contributed by atoms with Gasteiger partial charge in [0.15, 0.2) is 0 Å². The van der Waals surface area contributed by atoms with E-state index in [2.05, 4.69) is 4.98 Å². The van der Waals surface area contributed by atoms with Gasteiger partial charge in [0.25, 0.3) is 0 Å². The van der Waals surface area contributed by atoms with E-state index in [1.165, 1.54) is 11.3 Å². The molecule has 0 aliphatic carbocycles. The maximum Gasteiger partial charge on any atom is 0.305 e. The van der Waals surface area contributed by atoms with E-state index in [-0.39, 0.29) is 16.7 Å². The largest absolute Gasteiger partial charge is 0.307 e. The molecule has 1 aliphatic rings. The van der Waals surface area contributed by atoms with Gasteiger partial charge >= 0.3 is 4.87 Å². The molecule has 0 bridgehead atoms. The molecule has 0 spiro atoms. The van der Waals surface area contributed by atoms with Crippen LogP contribution in [-0.2, 0) is 4.79 Å². The Hall–Kier alpha value is -1.33. The molecule has 5 heteroatoms. The highest BCUT2D eigenvalue weighted by atomic mass is 32.2. The molecule has 0 saturated carbocycles. The fourth-order valence-electron chi connectivity index (χ4n) is 2.28. The van der Waals surface area contributed by atoms with Gasteiger partial charge in [0.05, 0.1) is 5.03 Å². The number of thiazole rings is 1. The topological polar surface area (TPSA) is 49.9 Å². The van der Waals surface area contributed by atoms with E-state index in [9.17, 15) is 9.59 Å². The minimum atomic E-state index is -0.0589. The number of thioether (sulfide) groups is 1. The number of rotatable bonds is 2. The summed E-state index contributed by atoms with van der Waals surface area (Å²) in [6.45, 7) is 0. The van der Waals surface area contributed by atoms with Gasteiger partial charge in [-0.3, -0.25) is 4.79 Å². The average molecular weight is 277 g/mol. The van der Waals surface area contributed by atoms with Crippen molar-refractivity contribution < 1.29 is 4.79 Å². The van der Waals surface area contributed by atoms with Gasteiger partial charge in [0.2, 0.25) is 0 Å². The van der Waals surface area contributed by atoms with Crippen LogP contribution in [0.4, 0.5) is 0 Å². The van der Waals surface area contributed by atoms with E-state index in [0.29, 0.717) is 0 Å². The summed E-state index contributed by atoms with van der Waals surface area (Å²) in [4.78, 5) is 26.6. The lowest BCUT2D eigenvalue weighted by atomic mass is 9.87. The maximum absolute atomic E-state index is 11.5. The first-order valence-corrected chi connectivity index (χ1v) is 7.46. The van der Waals surface area contributed by atoms with Crippen molar-refractivity contribution in [2.75, 3.05) is 5.75 Å². The minimum Gasteiger partial charge on any atom is -0.307 e. The van der Waals surface area contributed by atoms with Crippen molar-refractivity contribution in [3.63, 3.8) is 0 Å². The molecule has 0 radical (unpaired) electrons. The molecule has 2 heterocycles. The fourth-order valence-corrected chi connectivity index (χ4v) is 4.65. The Labute approximate surface area is 112 Å². The summed E-state index contributed by atoms with van der Waals surface area (Å²) in [6.07, 6.45) is 1.01. The Balaban J connectivity index is 2.14. The van der Waals surface area contributed by atoms with Crippen molar-refractivity contribution in [1.29, 1.82) is 0 Å². The summed E-state index contributed by atoms with van der Waals surface area (Å²) in [5.74, 6) is 0.683. The van der Waals surface area contributed by atoms with Gasteiger partial charge in [0.1, 0.15) is 6.29 Å². The number of fused-ring (bicyclic) bond motifs is 1. The normalized spacial score (nSPS) is 22.4. The SMILES string of the molecule is O=C[C@@H]1CSc2[nH]c(=O)sc2[C@H]1c1ccccc1. The van der Waals surface area contributed by atoms with Crippen molar-refractivity contribution in [2.45, 2.75) is 10.9 Å². The van der Waals surface area contributed by atoms with Gasteiger partial charge in [-0.05, 0) is 5.56 Å². The number of nitrogens with one attached hydrogen (secondary N) is 1. The molecular formula is C13H11NO2S2. The molecule has 3 nitrogen and oxygen atoms in total. The summed E-state index contributed by atoms with van der Waals surface area (Å²) in [5, 5.41) is 0.928. The Bertz CT molecular complexity index is 617. The summed E-state index contributed by atoms with van der Waals surface area (Å²) in [7, 11) is 0. The molecule has 0 saturated heterocycles. The predicted molar refractivity (Wildman–Crippen MR) is 73.5 cm³/mol. The van der Waals surface area contributed by atoms with Crippen molar-refractivity contribution in [1.82, 2.24) is 4.98 Å². The van der Waals surface area contributed by atoms with Gasteiger partial charge in [-0.15, -0.1) is 11.8 Å². The lowest BCUT2D eigenvalue weighted by molar-refractivity contribution is -0.110. The number of carbonyl (C=O) groups excluding carboxylic acids is 1. The van der Waals surface area contributed by atoms with E-state index in [1.807, 2.05) is 30.3 Å². The van der Waals surface area contributed by atoms with Crippen LogP contribution in [0.1, 0.15) is 16.4 Å². The Morgan fingerprint density at radius 3 is 2.78 bits per heavy atom. The molecule has 0 unspecified atom stereocenters. The number of H-pyrrole nitrogens is 1. The first-order valence-electron chi connectivity index (χ1n) is 5.65. The molecule has 0 fully saturated rings. The molecule has 0 amide bonds. The summed E-state index contributed by atoms with van der Waals surface area (Å²) in [6, 6.07) is 9.93. The van der Waals surface area contributed by atoms with Crippen molar-refractivity contribution in [2.24, 2.45) is 5.92 Å². The zero-order valence-electron chi connectivity index (χ0n) is 9.46.